The van der Waals surface area contributed by atoms with Crippen LogP contribution in [0.3, 0.4) is 0 Å². The van der Waals surface area contributed by atoms with E-state index >= 15 is 0 Å². The number of methoxy groups -OCH3 is 2. The van der Waals surface area contributed by atoms with E-state index in [0.717, 1.165) is 24.3 Å². The zero-order valence-electron chi connectivity index (χ0n) is 13.1. The quantitative estimate of drug-likeness (QED) is 0.476. The molecular weight excluding hydrogens is 336 g/mol. The van der Waals surface area contributed by atoms with E-state index in [9.17, 15) is 30.1 Å². The van der Waals surface area contributed by atoms with Crippen LogP contribution in [0.15, 0.2) is 30.3 Å². The number of hydrogen-bond acceptors (Lipinski definition) is 8. The van der Waals surface area contributed by atoms with Crippen LogP contribution in [0.25, 0.3) is 0 Å². The first-order valence-electron chi connectivity index (χ1n) is 6.72. The molecule has 0 heterocycles. The van der Waals surface area contributed by atoms with Gasteiger partial charge in [-0.3, -0.25) is 25.0 Å². The summed E-state index contributed by atoms with van der Waals surface area (Å²) in [5, 5.41) is 32.0. The van der Waals surface area contributed by atoms with Crippen LogP contribution in [0, 0.1) is 20.2 Å². The van der Waals surface area contributed by atoms with Crippen LogP contribution in [0.4, 0.5) is 11.4 Å². The van der Waals surface area contributed by atoms with Gasteiger partial charge in [-0.25, -0.2) is 0 Å². The van der Waals surface area contributed by atoms with Crippen molar-refractivity contribution >= 4 is 17.2 Å². The summed E-state index contributed by atoms with van der Waals surface area (Å²) in [5.41, 5.74) is -1.87. The second kappa shape index (κ2) is 6.83. The van der Waals surface area contributed by atoms with Crippen LogP contribution < -0.4 is 9.47 Å². The van der Waals surface area contributed by atoms with Gasteiger partial charge in [0.25, 0.3) is 11.4 Å². The smallest absolute Gasteiger partial charge is 0.277 e. The fourth-order valence-electron chi connectivity index (χ4n) is 2.16. The highest BCUT2D eigenvalue weighted by molar-refractivity contribution is 6.13. The number of carbonyl (C=O) groups excluding carboxylic acids is 1. The lowest BCUT2D eigenvalue weighted by Gasteiger charge is -2.12. The SMILES string of the molecule is COc1cc(O)c(C(=O)c2cc([N+](=O)[O-])cc([N+](=O)[O-])c2)c(OC)c1. The number of phenolic OH excluding ortho intramolecular Hbond substituents is 1. The molecule has 2 aromatic rings. The molecular formula is C15H12N2O8. The van der Waals surface area contributed by atoms with Crippen molar-refractivity contribution in [2.45, 2.75) is 0 Å². The van der Waals surface area contributed by atoms with Gasteiger partial charge < -0.3 is 14.6 Å². The molecule has 10 heteroatoms. The Kier molecular flexibility index (Phi) is 4.82. The highest BCUT2D eigenvalue weighted by Gasteiger charge is 2.25. The Hall–Kier alpha value is -3.69. The van der Waals surface area contributed by atoms with E-state index in [1.807, 2.05) is 0 Å². The van der Waals surface area contributed by atoms with Crippen molar-refractivity contribution in [1.82, 2.24) is 0 Å². The molecule has 0 aromatic heterocycles. The average Bonchev–Trinajstić information content (AvgIpc) is 2.59. The Bertz CT molecular complexity index is 846. The number of ether oxygens (including phenoxy) is 2. The van der Waals surface area contributed by atoms with Gasteiger partial charge in [0.15, 0.2) is 0 Å². The number of nitro benzene ring substituents is 2. The molecule has 0 unspecified atom stereocenters. The van der Waals surface area contributed by atoms with E-state index in [2.05, 4.69) is 0 Å². The molecule has 0 spiro atoms. The van der Waals surface area contributed by atoms with Gasteiger partial charge in [0.2, 0.25) is 5.78 Å². The molecule has 0 aliphatic rings. The number of ketones is 1. The third kappa shape index (κ3) is 3.47. The van der Waals surface area contributed by atoms with Gasteiger partial charge in [-0.15, -0.1) is 0 Å². The maximum absolute atomic E-state index is 12.7. The lowest BCUT2D eigenvalue weighted by Crippen LogP contribution is -2.06. The number of rotatable bonds is 6. The normalized spacial score (nSPS) is 10.2. The number of aromatic hydroxyl groups is 1. The highest BCUT2D eigenvalue weighted by Crippen LogP contribution is 2.36. The average molecular weight is 348 g/mol. The van der Waals surface area contributed by atoms with Crippen LogP contribution >= 0.6 is 0 Å². The third-order valence-electron chi connectivity index (χ3n) is 3.32. The molecule has 0 aliphatic heterocycles. The number of non-ortho nitro benzene ring substituents is 2. The van der Waals surface area contributed by atoms with E-state index in [0.29, 0.717) is 0 Å². The van der Waals surface area contributed by atoms with Crippen LogP contribution in [0.5, 0.6) is 17.2 Å². The Morgan fingerprint density at radius 3 is 1.96 bits per heavy atom. The van der Waals surface area contributed by atoms with Gasteiger partial charge >= 0.3 is 0 Å². The first-order valence-corrected chi connectivity index (χ1v) is 6.72. The predicted octanol–water partition coefficient (Wildman–Crippen LogP) is 2.46. The minimum atomic E-state index is -0.871. The van der Waals surface area contributed by atoms with E-state index in [1.165, 1.54) is 20.3 Å². The van der Waals surface area contributed by atoms with Gasteiger partial charge in [-0.1, -0.05) is 0 Å². The summed E-state index contributed by atoms with van der Waals surface area (Å²) in [7, 11) is 2.60. The maximum atomic E-state index is 12.7. The summed E-state index contributed by atoms with van der Waals surface area (Å²) in [6.45, 7) is 0. The summed E-state index contributed by atoms with van der Waals surface area (Å²) >= 11 is 0. The number of carbonyl (C=O) groups is 1. The fraction of sp³-hybridized carbons (Fsp3) is 0.133. The number of nitro groups is 2. The number of benzene rings is 2. The summed E-state index contributed by atoms with van der Waals surface area (Å²) in [6.07, 6.45) is 0. The molecule has 0 saturated heterocycles. The van der Waals surface area contributed by atoms with Crippen LogP contribution in [0.2, 0.25) is 0 Å². The maximum Gasteiger partial charge on any atom is 0.277 e. The molecule has 0 aliphatic carbocycles. The van der Waals surface area contributed by atoms with Crippen LogP contribution in [0.1, 0.15) is 15.9 Å². The molecule has 25 heavy (non-hydrogen) atoms. The monoisotopic (exact) mass is 348 g/mol. The van der Waals surface area contributed by atoms with Crippen molar-refractivity contribution < 1.29 is 29.2 Å². The summed E-state index contributed by atoms with van der Waals surface area (Å²) in [4.78, 5) is 32.8. The summed E-state index contributed by atoms with van der Waals surface area (Å²) < 4.78 is 9.99. The molecule has 0 amide bonds. The lowest BCUT2D eigenvalue weighted by molar-refractivity contribution is -0.394. The van der Waals surface area contributed by atoms with Gasteiger partial charge in [-0.2, -0.15) is 0 Å². The largest absolute Gasteiger partial charge is 0.507 e. The summed E-state index contributed by atoms with van der Waals surface area (Å²) in [5.74, 6) is -1.19. The van der Waals surface area contributed by atoms with Crippen molar-refractivity contribution in [1.29, 1.82) is 0 Å². The molecule has 2 rings (SSSR count). The molecule has 0 bridgehead atoms. The Labute approximate surface area is 140 Å². The molecule has 1 N–H and O–H groups in total. The van der Waals surface area contributed by atoms with Crippen LogP contribution in [-0.4, -0.2) is 35.0 Å². The van der Waals surface area contributed by atoms with Crippen LogP contribution in [-0.2, 0) is 0 Å². The van der Waals surface area contributed by atoms with Crippen molar-refractivity contribution in [2.24, 2.45) is 0 Å². The Morgan fingerprint density at radius 1 is 0.960 bits per heavy atom. The first-order chi connectivity index (χ1) is 11.8. The lowest BCUT2D eigenvalue weighted by atomic mass is 10.00. The fourth-order valence-corrected chi connectivity index (χ4v) is 2.16. The first kappa shape index (κ1) is 17.7. The van der Waals surface area contributed by atoms with E-state index in [-0.39, 0.29) is 22.6 Å². The molecule has 0 fully saturated rings. The van der Waals surface area contributed by atoms with Gasteiger partial charge in [-0.05, 0) is 0 Å². The minimum absolute atomic E-state index is 0.0454. The van der Waals surface area contributed by atoms with Crippen molar-refractivity contribution in [2.75, 3.05) is 14.2 Å². The molecule has 10 nitrogen and oxygen atoms in total. The summed E-state index contributed by atoms with van der Waals surface area (Å²) in [6, 6.07) is 5.00. The zero-order chi connectivity index (χ0) is 18.7. The van der Waals surface area contributed by atoms with Gasteiger partial charge in [0.1, 0.15) is 22.8 Å². The van der Waals surface area contributed by atoms with E-state index in [1.54, 1.807) is 0 Å². The van der Waals surface area contributed by atoms with E-state index in [4.69, 9.17) is 9.47 Å². The molecule has 0 radical (unpaired) electrons. The zero-order valence-corrected chi connectivity index (χ0v) is 13.1. The van der Waals surface area contributed by atoms with Crippen molar-refractivity contribution in [3.8, 4) is 17.2 Å². The van der Waals surface area contributed by atoms with Crippen molar-refractivity contribution in [3.63, 3.8) is 0 Å². The number of hydrogen-bond donors (Lipinski definition) is 1. The second-order valence-corrected chi connectivity index (χ2v) is 4.81. The van der Waals surface area contributed by atoms with E-state index < -0.39 is 32.8 Å². The van der Waals surface area contributed by atoms with Gasteiger partial charge in [0, 0.05) is 29.8 Å². The predicted molar refractivity (Wildman–Crippen MR) is 84.4 cm³/mol. The Balaban J connectivity index is 2.65. The second-order valence-electron chi connectivity index (χ2n) is 4.81. The third-order valence-corrected chi connectivity index (χ3v) is 3.32. The highest BCUT2D eigenvalue weighted by atomic mass is 16.6. The molecule has 0 saturated carbocycles. The Morgan fingerprint density at radius 2 is 1.52 bits per heavy atom. The minimum Gasteiger partial charge on any atom is -0.507 e. The molecule has 2 aromatic carbocycles. The standard InChI is InChI=1S/C15H12N2O8/c1-24-11-6-12(18)14(13(7-11)25-2)15(19)8-3-9(16(20)21)5-10(4-8)17(22)23/h3-7,18H,1-2H3. The topological polar surface area (TPSA) is 142 Å². The van der Waals surface area contributed by atoms with Gasteiger partial charge in [0.05, 0.1) is 30.1 Å². The van der Waals surface area contributed by atoms with Crippen molar-refractivity contribution in [3.05, 3.63) is 61.7 Å². The number of phenols is 1. The molecule has 0 atom stereocenters. The number of nitrogens with zero attached hydrogens (tertiary/aromatic N) is 2. The molecule has 130 valence electrons.